The highest BCUT2D eigenvalue weighted by molar-refractivity contribution is 7.82. The molecule has 0 spiro atoms. The lowest BCUT2D eigenvalue weighted by molar-refractivity contribution is 1.31. The van der Waals surface area contributed by atoms with Gasteiger partial charge in [-0.15, -0.1) is 0 Å². The van der Waals surface area contributed by atoms with Crippen molar-refractivity contribution in [2.75, 3.05) is 5.43 Å². The monoisotopic (exact) mass is 252 g/mol. The molecule has 0 unspecified atom stereocenters. The second-order valence-corrected chi connectivity index (χ2v) is 3.81. The van der Waals surface area contributed by atoms with Crippen molar-refractivity contribution in [2.24, 2.45) is 10.8 Å². The lowest BCUT2D eigenvalue weighted by Gasteiger charge is -2.06. The van der Waals surface area contributed by atoms with Crippen molar-refractivity contribution in [2.45, 2.75) is 6.92 Å². The summed E-state index contributed by atoms with van der Waals surface area (Å²) in [5.74, 6) is 0. The minimum absolute atomic E-state index is 0.0191. The molecule has 3 N–H and O–H groups in total. The summed E-state index contributed by atoms with van der Waals surface area (Å²) in [6.45, 7) is 1.84. The van der Waals surface area contributed by atoms with Gasteiger partial charge in [-0.1, -0.05) is 29.9 Å². The number of benzene rings is 1. The first-order valence-corrected chi connectivity index (χ1v) is 5.13. The largest absolute Gasteiger partial charge is 0.387 e. The molecule has 0 aromatic heterocycles. The molecule has 16 heavy (non-hydrogen) atoms. The van der Waals surface area contributed by atoms with Crippen molar-refractivity contribution in [3.63, 3.8) is 0 Å². The molecular formula is C10H9ClN4S. The van der Waals surface area contributed by atoms with Gasteiger partial charge in [0.25, 0.3) is 0 Å². The summed E-state index contributed by atoms with van der Waals surface area (Å²) in [7, 11) is 0. The van der Waals surface area contributed by atoms with E-state index in [2.05, 4.69) is 22.7 Å². The molecule has 0 aliphatic carbocycles. The predicted octanol–water partition coefficient (Wildman–Crippen LogP) is 2.23. The molecule has 0 amide bonds. The number of rotatable bonds is 3. The van der Waals surface area contributed by atoms with Crippen molar-refractivity contribution in [1.82, 2.24) is 0 Å². The topological polar surface area (TPSA) is 74.2 Å². The van der Waals surface area contributed by atoms with E-state index in [0.717, 1.165) is 5.56 Å². The smallest absolute Gasteiger partial charge is 0.194 e. The summed E-state index contributed by atoms with van der Waals surface area (Å²) in [5.41, 5.74) is 9.52. The van der Waals surface area contributed by atoms with Crippen LogP contribution in [0.3, 0.4) is 0 Å². The Morgan fingerprint density at radius 1 is 1.62 bits per heavy atom. The van der Waals surface area contributed by atoms with E-state index >= 15 is 0 Å². The fourth-order valence-corrected chi connectivity index (χ4v) is 1.25. The van der Waals surface area contributed by atoms with E-state index in [1.807, 2.05) is 6.92 Å². The van der Waals surface area contributed by atoms with Gasteiger partial charge in [-0.05, 0) is 24.6 Å². The zero-order chi connectivity index (χ0) is 12.1. The molecule has 0 fully saturated rings. The number of hydrogen-bond acceptors (Lipinski definition) is 4. The van der Waals surface area contributed by atoms with E-state index in [0.29, 0.717) is 10.7 Å². The zero-order valence-electron chi connectivity index (χ0n) is 8.49. The number of nitrogens with two attached hydrogens (primary N) is 1. The summed E-state index contributed by atoms with van der Waals surface area (Å²) in [6.07, 6.45) is 0. The van der Waals surface area contributed by atoms with Crippen molar-refractivity contribution in [3.05, 3.63) is 28.8 Å². The highest BCUT2D eigenvalue weighted by Crippen LogP contribution is 2.22. The lowest BCUT2D eigenvalue weighted by atomic mass is 10.2. The van der Waals surface area contributed by atoms with Crippen molar-refractivity contribution < 1.29 is 0 Å². The third-order valence-electron chi connectivity index (χ3n) is 1.90. The minimum Gasteiger partial charge on any atom is -0.387 e. The van der Waals surface area contributed by atoms with Crippen molar-refractivity contribution >= 4 is 40.2 Å². The summed E-state index contributed by atoms with van der Waals surface area (Å²) >= 11 is 10.6. The van der Waals surface area contributed by atoms with Crippen LogP contribution in [0.25, 0.3) is 0 Å². The molecule has 1 rings (SSSR count). The average Bonchev–Trinajstić information content (AvgIpc) is 2.24. The van der Waals surface area contributed by atoms with Crippen molar-refractivity contribution in [1.29, 1.82) is 5.26 Å². The molecule has 0 aliphatic heterocycles. The van der Waals surface area contributed by atoms with Gasteiger partial charge in [-0.2, -0.15) is 10.4 Å². The van der Waals surface area contributed by atoms with E-state index in [9.17, 15) is 0 Å². The molecule has 0 saturated carbocycles. The first-order chi connectivity index (χ1) is 7.56. The molecule has 0 atom stereocenters. The molecule has 82 valence electrons. The highest BCUT2D eigenvalue weighted by Gasteiger charge is 2.03. The van der Waals surface area contributed by atoms with Crippen LogP contribution in [0, 0.1) is 18.3 Å². The SMILES string of the molecule is Cc1c(Cl)cccc1N/N=C(\C#N)C(N)=S. The maximum absolute atomic E-state index is 8.68. The van der Waals surface area contributed by atoms with Gasteiger partial charge in [0, 0.05) is 5.02 Å². The molecule has 1 aromatic carbocycles. The third-order valence-corrected chi connectivity index (χ3v) is 2.50. The molecular weight excluding hydrogens is 244 g/mol. The van der Waals surface area contributed by atoms with Crippen LogP contribution in [-0.2, 0) is 0 Å². The van der Waals surface area contributed by atoms with Gasteiger partial charge in [-0.25, -0.2) is 0 Å². The van der Waals surface area contributed by atoms with Crippen LogP contribution in [0.4, 0.5) is 5.69 Å². The Hall–Kier alpha value is -1.64. The first-order valence-electron chi connectivity index (χ1n) is 4.35. The van der Waals surface area contributed by atoms with Crippen LogP contribution >= 0.6 is 23.8 Å². The second kappa shape index (κ2) is 5.45. The Morgan fingerprint density at radius 2 is 2.31 bits per heavy atom. The Morgan fingerprint density at radius 3 is 2.88 bits per heavy atom. The number of hydrazone groups is 1. The van der Waals surface area contributed by atoms with Crippen LogP contribution in [-0.4, -0.2) is 10.7 Å². The highest BCUT2D eigenvalue weighted by atomic mass is 35.5. The zero-order valence-corrected chi connectivity index (χ0v) is 10.1. The lowest BCUT2D eigenvalue weighted by Crippen LogP contribution is -2.20. The van der Waals surface area contributed by atoms with Crippen LogP contribution in [0.1, 0.15) is 5.56 Å². The Balaban J connectivity index is 2.95. The quantitative estimate of drug-likeness (QED) is 0.491. The number of thiocarbonyl (C=S) groups is 1. The third kappa shape index (κ3) is 2.92. The van der Waals surface area contributed by atoms with Gasteiger partial charge in [0.05, 0.1) is 5.69 Å². The minimum atomic E-state index is -0.0466. The van der Waals surface area contributed by atoms with Crippen LogP contribution in [0.2, 0.25) is 5.02 Å². The van der Waals surface area contributed by atoms with Gasteiger partial charge < -0.3 is 5.73 Å². The summed E-state index contributed by atoms with van der Waals surface area (Å²) < 4.78 is 0. The van der Waals surface area contributed by atoms with Gasteiger partial charge in [0.2, 0.25) is 0 Å². The molecule has 0 bridgehead atoms. The predicted molar refractivity (Wildman–Crippen MR) is 69.6 cm³/mol. The van der Waals surface area contributed by atoms with Gasteiger partial charge >= 0.3 is 0 Å². The van der Waals surface area contributed by atoms with E-state index < -0.39 is 0 Å². The molecule has 0 aliphatic rings. The fraction of sp³-hybridized carbons (Fsp3) is 0.100. The van der Waals surface area contributed by atoms with E-state index in [1.165, 1.54) is 0 Å². The standard InChI is InChI=1S/C10H9ClN4S/c1-6-7(11)3-2-4-8(6)14-15-9(5-12)10(13)16/h2-4,14H,1H3,(H2,13,16)/b15-9+. The maximum atomic E-state index is 8.68. The van der Waals surface area contributed by atoms with Crippen LogP contribution < -0.4 is 11.2 Å². The summed E-state index contributed by atoms with van der Waals surface area (Å²) in [5, 5.41) is 13.1. The average molecular weight is 253 g/mol. The number of nitriles is 1. The number of nitrogens with zero attached hydrogens (tertiary/aromatic N) is 2. The van der Waals surface area contributed by atoms with Gasteiger partial charge in [0.15, 0.2) is 5.71 Å². The normalized spacial score (nSPS) is 10.7. The van der Waals surface area contributed by atoms with Crippen molar-refractivity contribution in [3.8, 4) is 6.07 Å². The first kappa shape index (κ1) is 12.4. The second-order valence-electron chi connectivity index (χ2n) is 2.96. The van der Waals surface area contributed by atoms with Crippen LogP contribution in [0.15, 0.2) is 23.3 Å². The number of anilines is 1. The summed E-state index contributed by atoms with van der Waals surface area (Å²) in [6, 6.07) is 7.13. The molecule has 0 saturated heterocycles. The Kier molecular flexibility index (Phi) is 4.23. The van der Waals surface area contributed by atoms with Gasteiger partial charge in [-0.3, -0.25) is 5.43 Å². The molecule has 1 aromatic rings. The number of nitrogens with one attached hydrogen (secondary N) is 1. The van der Waals surface area contributed by atoms with Gasteiger partial charge in [0.1, 0.15) is 11.1 Å². The van der Waals surface area contributed by atoms with Crippen LogP contribution in [0.5, 0.6) is 0 Å². The summed E-state index contributed by atoms with van der Waals surface area (Å²) in [4.78, 5) is -0.0466. The van der Waals surface area contributed by atoms with E-state index in [1.54, 1.807) is 24.3 Å². The van der Waals surface area contributed by atoms with E-state index in [4.69, 9.17) is 22.6 Å². The number of halogens is 1. The molecule has 4 nitrogen and oxygen atoms in total. The fourth-order valence-electron chi connectivity index (χ4n) is 0.980. The molecule has 6 heteroatoms. The maximum Gasteiger partial charge on any atom is 0.194 e. The Bertz CT molecular complexity index is 490. The molecule has 0 heterocycles. The number of hydrogen-bond donors (Lipinski definition) is 2. The Labute approximate surface area is 104 Å². The van der Waals surface area contributed by atoms with E-state index in [-0.39, 0.29) is 10.7 Å². The molecule has 0 radical (unpaired) electrons.